The molecule has 0 bridgehead atoms. The maximum atomic E-state index is 13.2. The summed E-state index contributed by atoms with van der Waals surface area (Å²) in [5.41, 5.74) is 18.6. The maximum absolute atomic E-state index is 13.2. The van der Waals surface area contributed by atoms with Crippen molar-refractivity contribution in [2.45, 2.75) is 38.3 Å². The summed E-state index contributed by atoms with van der Waals surface area (Å²) in [6.07, 6.45) is 0.401. The lowest BCUT2D eigenvalue weighted by atomic mass is 10.0. The van der Waals surface area contributed by atoms with Crippen molar-refractivity contribution in [3.63, 3.8) is 0 Å². The molecule has 12 heteroatoms. The lowest BCUT2D eigenvalue weighted by Gasteiger charge is -2.24. The molecule has 2 aromatic rings. The summed E-state index contributed by atoms with van der Waals surface area (Å²) in [6, 6.07) is 10.4. The van der Waals surface area contributed by atoms with Crippen molar-refractivity contribution in [3.8, 4) is 6.07 Å². The van der Waals surface area contributed by atoms with E-state index in [4.69, 9.17) is 23.8 Å². The van der Waals surface area contributed by atoms with Gasteiger partial charge < -0.3 is 32.7 Å². The predicted octanol–water partition coefficient (Wildman–Crippen LogP) is 0.332. The van der Waals surface area contributed by atoms with Gasteiger partial charge in [-0.15, -0.1) is 0 Å². The Balaban J connectivity index is 2.20. The van der Waals surface area contributed by atoms with Gasteiger partial charge in [0.2, 0.25) is 23.4 Å². The van der Waals surface area contributed by atoms with Gasteiger partial charge in [-0.25, -0.2) is 9.83 Å². The molecule has 8 N–H and O–H groups in total. The van der Waals surface area contributed by atoms with Crippen LogP contribution in [0.1, 0.15) is 29.7 Å². The Morgan fingerprint density at radius 2 is 1.82 bits per heavy atom. The van der Waals surface area contributed by atoms with Gasteiger partial charge in [0.05, 0.1) is 36.4 Å². The molecule has 0 fully saturated rings. The van der Waals surface area contributed by atoms with Gasteiger partial charge in [-0.1, -0.05) is 30.3 Å². The average molecular weight is 520 g/mol. The van der Waals surface area contributed by atoms with E-state index in [0.29, 0.717) is 12.1 Å². The standard InChI is InChI=1S/C26H33N9O3/c1-17-19(16-29)14-22(31-2)24(32-17)34-26(38)21(9-8-18-6-4-3-5-7-18)33-25(37)20(30)15-23(36)35(12-10-27)13-11-28/h3-7,14,20-21H,8-13,15,27-28,30H2,1H3,(H,33,37)(H,32,34,38)/t20-,21-/m0/s1. The van der Waals surface area contributed by atoms with E-state index >= 15 is 0 Å². The molecule has 0 saturated heterocycles. The molecule has 12 nitrogen and oxygen atoms in total. The van der Waals surface area contributed by atoms with E-state index in [9.17, 15) is 19.6 Å². The third-order valence-corrected chi connectivity index (χ3v) is 5.76. The molecule has 1 aromatic carbocycles. The Morgan fingerprint density at radius 3 is 2.39 bits per heavy atom. The number of nitrogens with zero attached hydrogens (tertiary/aromatic N) is 4. The van der Waals surface area contributed by atoms with Crippen LogP contribution in [0.3, 0.4) is 0 Å². The second kappa shape index (κ2) is 15.0. The van der Waals surface area contributed by atoms with E-state index in [1.807, 2.05) is 36.4 Å². The molecule has 2 atom stereocenters. The number of benzene rings is 1. The lowest BCUT2D eigenvalue weighted by Crippen LogP contribution is -2.52. The molecule has 3 amide bonds. The maximum Gasteiger partial charge on any atom is 0.247 e. The molecule has 0 spiro atoms. The molecule has 0 unspecified atom stereocenters. The summed E-state index contributed by atoms with van der Waals surface area (Å²) >= 11 is 0. The fraction of sp³-hybridized carbons (Fsp3) is 0.385. The first-order valence-corrected chi connectivity index (χ1v) is 12.1. The van der Waals surface area contributed by atoms with Crippen molar-refractivity contribution in [2.24, 2.45) is 17.2 Å². The molecule has 2 rings (SSSR count). The summed E-state index contributed by atoms with van der Waals surface area (Å²) in [5.74, 6) is -1.67. The average Bonchev–Trinajstić information content (AvgIpc) is 2.91. The normalized spacial score (nSPS) is 11.9. The molecule has 1 aromatic heterocycles. The Labute approximate surface area is 222 Å². The second-order valence-electron chi connectivity index (χ2n) is 8.56. The van der Waals surface area contributed by atoms with Crippen LogP contribution in [0, 0.1) is 24.8 Å². The van der Waals surface area contributed by atoms with Crippen LogP contribution in [-0.2, 0) is 20.8 Å². The molecule has 200 valence electrons. The van der Waals surface area contributed by atoms with Crippen LogP contribution in [0.25, 0.3) is 4.85 Å². The minimum Gasteiger partial charge on any atom is -0.343 e. The molecule has 0 aliphatic rings. The van der Waals surface area contributed by atoms with Crippen molar-refractivity contribution in [2.75, 3.05) is 31.5 Å². The number of carbonyl (C=O) groups is 3. The zero-order valence-electron chi connectivity index (χ0n) is 21.3. The monoisotopic (exact) mass is 519 g/mol. The summed E-state index contributed by atoms with van der Waals surface area (Å²) in [7, 11) is 0. The zero-order valence-corrected chi connectivity index (χ0v) is 21.3. The predicted molar refractivity (Wildman–Crippen MR) is 143 cm³/mol. The number of hydrogen-bond donors (Lipinski definition) is 5. The first kappa shape index (κ1) is 29.9. The first-order chi connectivity index (χ1) is 18.2. The van der Waals surface area contributed by atoms with Crippen molar-refractivity contribution in [3.05, 3.63) is 64.6 Å². The van der Waals surface area contributed by atoms with Crippen molar-refractivity contribution >= 4 is 29.2 Å². The highest BCUT2D eigenvalue weighted by molar-refractivity contribution is 5.99. The van der Waals surface area contributed by atoms with Crippen LogP contribution in [-0.4, -0.2) is 65.9 Å². The Morgan fingerprint density at radius 1 is 1.16 bits per heavy atom. The van der Waals surface area contributed by atoms with Crippen LogP contribution < -0.4 is 27.8 Å². The number of carbonyl (C=O) groups excluding carboxylic acids is 3. The number of nitriles is 1. The Bertz CT molecular complexity index is 1200. The van der Waals surface area contributed by atoms with Crippen molar-refractivity contribution < 1.29 is 14.4 Å². The highest BCUT2D eigenvalue weighted by Crippen LogP contribution is 2.26. The summed E-state index contributed by atoms with van der Waals surface area (Å²) in [4.78, 5) is 47.7. The number of aromatic nitrogens is 1. The number of anilines is 1. The highest BCUT2D eigenvalue weighted by Gasteiger charge is 2.27. The molecule has 0 aliphatic carbocycles. The number of hydrogen-bond acceptors (Lipinski definition) is 8. The summed E-state index contributed by atoms with van der Waals surface area (Å²) in [6.45, 7) is 10.0. The zero-order chi connectivity index (χ0) is 28.1. The van der Waals surface area contributed by atoms with Gasteiger partial charge in [-0.05, 0) is 31.4 Å². The van der Waals surface area contributed by atoms with Crippen LogP contribution in [0.15, 0.2) is 36.4 Å². The summed E-state index contributed by atoms with van der Waals surface area (Å²) in [5, 5.41) is 14.4. The summed E-state index contributed by atoms with van der Waals surface area (Å²) < 4.78 is 0. The van der Waals surface area contributed by atoms with Crippen LogP contribution in [0.2, 0.25) is 0 Å². The molecule has 0 radical (unpaired) electrons. The molecule has 1 heterocycles. The van der Waals surface area contributed by atoms with Gasteiger partial charge >= 0.3 is 0 Å². The van der Waals surface area contributed by atoms with Crippen LogP contribution >= 0.6 is 0 Å². The molecular formula is C26H33N9O3. The first-order valence-electron chi connectivity index (χ1n) is 12.1. The van der Waals surface area contributed by atoms with E-state index < -0.39 is 23.9 Å². The van der Waals surface area contributed by atoms with Gasteiger partial charge in [-0.2, -0.15) is 5.26 Å². The van der Waals surface area contributed by atoms with Gasteiger partial charge in [0.15, 0.2) is 0 Å². The molecule has 0 aliphatic heterocycles. The molecular weight excluding hydrogens is 486 g/mol. The van der Waals surface area contributed by atoms with E-state index in [1.54, 1.807) is 6.92 Å². The number of aryl methyl sites for hydroxylation is 2. The minimum atomic E-state index is -1.21. The number of nitrogens with one attached hydrogen (secondary N) is 2. The van der Waals surface area contributed by atoms with Gasteiger partial charge in [-0.3, -0.25) is 14.4 Å². The number of nitrogens with two attached hydrogens (primary N) is 3. The largest absolute Gasteiger partial charge is 0.343 e. The van der Waals surface area contributed by atoms with E-state index in [0.717, 1.165) is 5.56 Å². The third-order valence-electron chi connectivity index (χ3n) is 5.76. The third kappa shape index (κ3) is 8.64. The Kier molecular flexibility index (Phi) is 11.8. The molecule has 0 saturated carbocycles. The Hall–Kier alpha value is -4.36. The van der Waals surface area contributed by atoms with Crippen LogP contribution in [0.5, 0.6) is 0 Å². The van der Waals surface area contributed by atoms with Gasteiger partial charge in [0, 0.05) is 26.2 Å². The van der Waals surface area contributed by atoms with Crippen LogP contribution in [0.4, 0.5) is 11.5 Å². The van der Waals surface area contributed by atoms with E-state index in [2.05, 4.69) is 20.5 Å². The smallest absolute Gasteiger partial charge is 0.247 e. The minimum absolute atomic E-state index is 0.00386. The quantitative estimate of drug-likeness (QED) is 0.233. The van der Waals surface area contributed by atoms with E-state index in [1.165, 1.54) is 11.0 Å². The topological polar surface area (TPSA) is 198 Å². The second-order valence-corrected chi connectivity index (χ2v) is 8.56. The van der Waals surface area contributed by atoms with Gasteiger partial charge in [0.1, 0.15) is 11.9 Å². The lowest BCUT2D eigenvalue weighted by molar-refractivity contribution is -0.134. The van der Waals surface area contributed by atoms with E-state index in [-0.39, 0.29) is 62.0 Å². The molecule has 38 heavy (non-hydrogen) atoms. The fourth-order valence-electron chi connectivity index (χ4n) is 3.67. The SMILES string of the molecule is [C-]#[N+]c1cc(C#N)c(C)nc1NC(=O)[C@H](CCc1ccccc1)NC(=O)[C@@H](N)CC(=O)N(CCN)CCN. The van der Waals surface area contributed by atoms with Gasteiger partial charge in [0.25, 0.3) is 0 Å². The highest BCUT2D eigenvalue weighted by atomic mass is 16.2. The number of amides is 3. The number of pyridine rings is 1. The van der Waals surface area contributed by atoms with Crippen molar-refractivity contribution in [1.29, 1.82) is 5.26 Å². The van der Waals surface area contributed by atoms with Crippen molar-refractivity contribution in [1.82, 2.24) is 15.2 Å². The fourth-order valence-corrected chi connectivity index (χ4v) is 3.67. The number of rotatable bonds is 13.